The van der Waals surface area contributed by atoms with E-state index in [1.54, 1.807) is 0 Å². The van der Waals surface area contributed by atoms with Gasteiger partial charge in [0.25, 0.3) is 0 Å². The first-order chi connectivity index (χ1) is 16.5. The zero-order valence-corrected chi connectivity index (χ0v) is 21.1. The number of hydrogen-bond acceptors (Lipinski definition) is 5. The fourth-order valence-electron chi connectivity index (χ4n) is 7.96. The molecule has 2 N–H and O–H groups in total. The van der Waals surface area contributed by atoms with Gasteiger partial charge in [-0.3, -0.25) is 9.59 Å². The molecule has 1 fully saturated rings. The van der Waals surface area contributed by atoms with Crippen molar-refractivity contribution in [2.24, 2.45) is 11.1 Å². The minimum Gasteiger partial charge on any atom is -0.444 e. The Morgan fingerprint density at radius 3 is 2.40 bits per heavy atom. The predicted molar refractivity (Wildman–Crippen MR) is 132 cm³/mol. The van der Waals surface area contributed by atoms with Crippen LogP contribution in [0.5, 0.6) is 0 Å². The van der Waals surface area contributed by atoms with Gasteiger partial charge in [-0.15, -0.1) is 0 Å². The molecule has 3 aliphatic heterocycles. The Balaban J connectivity index is 1.72. The number of para-hydroxylation sites is 1. The van der Waals surface area contributed by atoms with Crippen LogP contribution in [0.2, 0.25) is 0 Å². The maximum atomic E-state index is 15.0. The molecule has 2 spiro atoms. The number of ether oxygens (including phenoxy) is 1. The highest BCUT2D eigenvalue weighted by Crippen LogP contribution is 2.64. The van der Waals surface area contributed by atoms with Crippen molar-refractivity contribution in [1.29, 1.82) is 5.26 Å². The molecule has 1 amide bonds. The molecule has 3 heterocycles. The van der Waals surface area contributed by atoms with E-state index < -0.39 is 5.41 Å². The fourth-order valence-corrected chi connectivity index (χ4v) is 7.96. The highest BCUT2D eigenvalue weighted by atomic mass is 16.5. The van der Waals surface area contributed by atoms with Crippen LogP contribution in [-0.2, 0) is 25.2 Å². The van der Waals surface area contributed by atoms with Gasteiger partial charge in [0.2, 0.25) is 11.8 Å². The standard InChI is InChI=1S/C29H33N3O3/c1-26(2)13-20(33)22-21(14-26)35-24(31)19(15-30)29(22)18-10-8-9-17-23(18)32(25(29)34)28(16-27(17,3)4)11-6-5-7-12-28/h8-10H,5-7,11-14,16,31H2,1-4H3/t29-/m1/s1. The van der Waals surface area contributed by atoms with Crippen molar-refractivity contribution >= 4 is 17.4 Å². The molecule has 6 heteroatoms. The third kappa shape index (κ3) is 2.64. The maximum Gasteiger partial charge on any atom is 0.248 e. The molecule has 1 aromatic rings. The zero-order valence-electron chi connectivity index (χ0n) is 21.1. The number of nitrogens with two attached hydrogens (primary N) is 1. The predicted octanol–water partition coefficient (Wildman–Crippen LogP) is 5.02. The number of carbonyl (C=O) groups excluding carboxylic acids is 2. The summed E-state index contributed by atoms with van der Waals surface area (Å²) in [4.78, 5) is 30.8. The first-order valence-electron chi connectivity index (χ1n) is 12.8. The van der Waals surface area contributed by atoms with E-state index in [2.05, 4.69) is 26.0 Å². The number of rotatable bonds is 0. The van der Waals surface area contributed by atoms with E-state index in [-0.39, 0.29) is 39.5 Å². The summed E-state index contributed by atoms with van der Waals surface area (Å²) in [6.45, 7) is 8.55. The molecule has 6 rings (SSSR count). The maximum absolute atomic E-state index is 15.0. The molecule has 2 aliphatic carbocycles. The van der Waals surface area contributed by atoms with Crippen LogP contribution in [-0.4, -0.2) is 17.2 Å². The third-order valence-corrected chi connectivity index (χ3v) is 9.12. The Hall–Kier alpha value is -3.07. The molecule has 0 unspecified atom stereocenters. The van der Waals surface area contributed by atoms with Crippen molar-refractivity contribution < 1.29 is 14.3 Å². The number of nitrogens with zero attached hydrogens (tertiary/aromatic N) is 2. The van der Waals surface area contributed by atoms with Crippen LogP contribution in [0, 0.1) is 16.7 Å². The summed E-state index contributed by atoms with van der Waals surface area (Å²) < 4.78 is 5.97. The van der Waals surface area contributed by atoms with Gasteiger partial charge in [0.15, 0.2) is 5.78 Å². The van der Waals surface area contributed by atoms with Gasteiger partial charge in [0.05, 0.1) is 11.3 Å². The van der Waals surface area contributed by atoms with Gasteiger partial charge in [0.1, 0.15) is 22.8 Å². The molecule has 6 nitrogen and oxygen atoms in total. The average Bonchev–Trinajstić information content (AvgIpc) is 3.01. The van der Waals surface area contributed by atoms with Crippen LogP contribution in [0.1, 0.15) is 90.2 Å². The molecule has 5 aliphatic rings. The molecule has 0 bridgehead atoms. The van der Waals surface area contributed by atoms with E-state index in [9.17, 15) is 14.9 Å². The summed E-state index contributed by atoms with van der Waals surface area (Å²) >= 11 is 0. The number of fused-ring (bicyclic) bond motifs is 3. The number of benzene rings is 1. The molecule has 0 aromatic heterocycles. The fraction of sp³-hybridized carbons (Fsp3) is 0.552. The van der Waals surface area contributed by atoms with Crippen LogP contribution in [0.4, 0.5) is 5.69 Å². The largest absolute Gasteiger partial charge is 0.444 e. The molecule has 35 heavy (non-hydrogen) atoms. The molecule has 182 valence electrons. The Kier molecular flexibility index (Phi) is 4.34. The topological polar surface area (TPSA) is 96.4 Å². The Morgan fingerprint density at radius 2 is 1.71 bits per heavy atom. The van der Waals surface area contributed by atoms with E-state index in [1.807, 2.05) is 30.9 Å². The van der Waals surface area contributed by atoms with E-state index in [4.69, 9.17) is 10.5 Å². The first-order valence-corrected chi connectivity index (χ1v) is 12.8. The third-order valence-electron chi connectivity index (χ3n) is 9.12. The van der Waals surface area contributed by atoms with Gasteiger partial charge in [-0.05, 0) is 35.7 Å². The molecular formula is C29H33N3O3. The normalized spacial score (nSPS) is 29.7. The van der Waals surface area contributed by atoms with Crippen LogP contribution >= 0.6 is 0 Å². The minimum absolute atomic E-state index is 0.0560. The summed E-state index contributed by atoms with van der Waals surface area (Å²) in [6.07, 6.45) is 6.81. The van der Waals surface area contributed by atoms with E-state index in [1.165, 1.54) is 0 Å². The molecule has 1 atom stereocenters. The number of carbonyl (C=O) groups is 2. The van der Waals surface area contributed by atoms with Gasteiger partial charge in [-0.1, -0.05) is 65.2 Å². The smallest absolute Gasteiger partial charge is 0.248 e. The minimum atomic E-state index is -1.53. The highest BCUT2D eigenvalue weighted by molar-refractivity contribution is 6.21. The number of Topliss-reactive ketones (excluding diaryl/α,β-unsaturated/α-hetero) is 1. The number of hydrogen-bond donors (Lipinski definition) is 1. The van der Waals surface area contributed by atoms with Crippen molar-refractivity contribution in [3.05, 3.63) is 52.1 Å². The lowest BCUT2D eigenvalue weighted by Crippen LogP contribution is -2.60. The van der Waals surface area contributed by atoms with Gasteiger partial charge < -0.3 is 15.4 Å². The van der Waals surface area contributed by atoms with E-state index in [0.717, 1.165) is 55.3 Å². The highest BCUT2D eigenvalue weighted by Gasteiger charge is 2.67. The first kappa shape index (κ1) is 22.4. The summed E-state index contributed by atoms with van der Waals surface area (Å²) in [5.74, 6) is 0.0740. The van der Waals surface area contributed by atoms with Crippen molar-refractivity contribution in [2.75, 3.05) is 4.90 Å². The molecule has 1 aromatic carbocycles. The number of ketones is 1. The summed E-state index contributed by atoms with van der Waals surface area (Å²) in [5.41, 5.74) is 7.18. The average molecular weight is 472 g/mol. The monoisotopic (exact) mass is 471 g/mol. The number of amides is 1. The second-order valence-corrected chi connectivity index (χ2v) is 12.6. The lowest BCUT2D eigenvalue weighted by atomic mass is 9.62. The number of allylic oxidation sites excluding steroid dienone is 1. The molecule has 0 saturated heterocycles. The number of anilines is 1. The second kappa shape index (κ2) is 6.78. The van der Waals surface area contributed by atoms with Crippen LogP contribution in [0.3, 0.4) is 0 Å². The Labute approximate surface area is 206 Å². The van der Waals surface area contributed by atoms with Crippen LogP contribution in [0.25, 0.3) is 0 Å². The Morgan fingerprint density at radius 1 is 1.03 bits per heavy atom. The molecular weight excluding hydrogens is 438 g/mol. The zero-order chi connectivity index (χ0) is 25.0. The SMILES string of the molecule is CC1(C)CC(=O)C2=C(C1)OC(N)=C(C#N)[C@@]21C(=O)N2c3c(cccc31)C(C)(C)CC21CCCCC1. The quantitative estimate of drug-likeness (QED) is 0.573. The van der Waals surface area contributed by atoms with Crippen LogP contribution < -0.4 is 10.6 Å². The van der Waals surface area contributed by atoms with Crippen molar-refractivity contribution in [1.82, 2.24) is 0 Å². The second-order valence-electron chi connectivity index (χ2n) is 12.6. The van der Waals surface area contributed by atoms with Crippen molar-refractivity contribution in [3.63, 3.8) is 0 Å². The van der Waals surface area contributed by atoms with Gasteiger partial charge in [-0.25, -0.2) is 0 Å². The summed E-state index contributed by atoms with van der Waals surface area (Å²) in [6, 6.07) is 8.23. The summed E-state index contributed by atoms with van der Waals surface area (Å²) in [5, 5.41) is 10.4. The van der Waals surface area contributed by atoms with Gasteiger partial charge >= 0.3 is 0 Å². The molecule has 0 radical (unpaired) electrons. The number of nitriles is 1. The van der Waals surface area contributed by atoms with Gasteiger partial charge in [-0.2, -0.15) is 5.26 Å². The Bertz CT molecular complexity index is 1300. The van der Waals surface area contributed by atoms with Crippen molar-refractivity contribution in [3.8, 4) is 6.07 Å². The van der Waals surface area contributed by atoms with Gasteiger partial charge in [0, 0.05) is 23.9 Å². The lowest BCUT2D eigenvalue weighted by molar-refractivity contribution is -0.127. The van der Waals surface area contributed by atoms with Crippen LogP contribution in [0.15, 0.2) is 41.0 Å². The molecule has 1 saturated carbocycles. The van der Waals surface area contributed by atoms with E-state index >= 15 is 0 Å². The van der Waals surface area contributed by atoms with Crippen molar-refractivity contribution in [2.45, 2.75) is 95.4 Å². The lowest BCUT2D eigenvalue weighted by Gasteiger charge is -2.54. The van der Waals surface area contributed by atoms with E-state index in [0.29, 0.717) is 24.2 Å². The summed E-state index contributed by atoms with van der Waals surface area (Å²) in [7, 11) is 0.